The molecule has 0 unspecified atom stereocenters. The lowest BCUT2D eigenvalue weighted by Crippen LogP contribution is -2.17. The molecule has 20 heavy (non-hydrogen) atoms. The third-order valence-corrected chi connectivity index (χ3v) is 4.60. The zero-order valence-corrected chi connectivity index (χ0v) is 12.8. The number of sulfone groups is 1. The van der Waals surface area contributed by atoms with Crippen LogP contribution in [-0.2, 0) is 15.6 Å². The Balaban J connectivity index is 2.43. The summed E-state index contributed by atoms with van der Waals surface area (Å²) in [6.45, 7) is 0. The molecule has 0 bridgehead atoms. The molecule has 0 radical (unpaired) electrons. The van der Waals surface area contributed by atoms with Gasteiger partial charge in [-0.2, -0.15) is 5.10 Å². The topological polar surface area (TPSA) is 79.9 Å². The molecule has 9 heteroatoms. The van der Waals surface area contributed by atoms with Crippen molar-refractivity contribution in [2.24, 2.45) is 0 Å². The van der Waals surface area contributed by atoms with Crippen LogP contribution >= 0.6 is 34.8 Å². The summed E-state index contributed by atoms with van der Waals surface area (Å²) in [6, 6.07) is 4.99. The van der Waals surface area contributed by atoms with E-state index in [0.29, 0.717) is 0 Å². The Bertz CT molecular complexity index is 798. The number of benzene rings is 1. The Morgan fingerprint density at radius 2 is 1.65 bits per heavy atom. The molecule has 106 valence electrons. The van der Waals surface area contributed by atoms with Gasteiger partial charge < -0.3 is 0 Å². The Kier molecular flexibility index (Phi) is 4.39. The molecule has 0 amide bonds. The van der Waals surface area contributed by atoms with Crippen LogP contribution in [0, 0.1) is 0 Å². The average Bonchev–Trinajstić information content (AvgIpc) is 2.31. The molecule has 0 aliphatic heterocycles. The van der Waals surface area contributed by atoms with E-state index in [0.717, 1.165) is 6.07 Å². The van der Waals surface area contributed by atoms with Crippen LogP contribution in [0.5, 0.6) is 0 Å². The van der Waals surface area contributed by atoms with Crippen LogP contribution in [0.15, 0.2) is 34.0 Å². The highest BCUT2D eigenvalue weighted by Crippen LogP contribution is 2.24. The van der Waals surface area contributed by atoms with Crippen molar-refractivity contribution < 1.29 is 8.42 Å². The molecule has 0 saturated carbocycles. The maximum atomic E-state index is 12.2. The minimum atomic E-state index is -3.79. The van der Waals surface area contributed by atoms with Gasteiger partial charge in [-0.05, 0) is 18.2 Å². The van der Waals surface area contributed by atoms with Crippen molar-refractivity contribution in [3.8, 4) is 0 Å². The lowest BCUT2D eigenvalue weighted by atomic mass is 10.4. The Morgan fingerprint density at radius 1 is 1.05 bits per heavy atom. The minimum absolute atomic E-state index is 0.0296. The van der Waals surface area contributed by atoms with Gasteiger partial charge in [0.2, 0.25) is 5.43 Å². The van der Waals surface area contributed by atoms with E-state index in [2.05, 4.69) is 10.2 Å². The summed E-state index contributed by atoms with van der Waals surface area (Å²) in [5.74, 6) is -0.573. The van der Waals surface area contributed by atoms with E-state index in [4.69, 9.17) is 34.8 Å². The van der Waals surface area contributed by atoms with E-state index in [1.165, 1.54) is 18.2 Å². The first-order valence-electron chi connectivity index (χ1n) is 5.21. The summed E-state index contributed by atoms with van der Waals surface area (Å²) < 4.78 is 24.4. The lowest BCUT2D eigenvalue weighted by Gasteiger charge is -2.05. The van der Waals surface area contributed by atoms with E-state index < -0.39 is 21.0 Å². The highest BCUT2D eigenvalue weighted by molar-refractivity contribution is 7.90. The number of halogens is 3. The summed E-state index contributed by atoms with van der Waals surface area (Å²) in [4.78, 5) is 11.5. The van der Waals surface area contributed by atoms with Gasteiger partial charge in [0.1, 0.15) is 16.6 Å². The number of hydrogen-bond donors (Lipinski definition) is 1. The molecule has 0 atom stereocenters. The normalized spacial score (nSPS) is 11.6. The summed E-state index contributed by atoms with van der Waals surface area (Å²) in [6.07, 6.45) is 0. The van der Waals surface area contributed by atoms with Gasteiger partial charge in [0.15, 0.2) is 9.84 Å². The Labute approximate surface area is 129 Å². The highest BCUT2D eigenvalue weighted by Gasteiger charge is 2.19. The van der Waals surface area contributed by atoms with Gasteiger partial charge in [0, 0.05) is 16.1 Å². The largest absolute Gasteiger partial charge is 0.288 e. The van der Waals surface area contributed by atoms with Gasteiger partial charge in [-0.15, -0.1) is 0 Å². The van der Waals surface area contributed by atoms with Gasteiger partial charge in [-0.25, -0.2) is 8.42 Å². The fraction of sp³-hybridized carbons (Fsp3) is 0.0909. The third kappa shape index (κ3) is 3.52. The number of nitrogens with one attached hydrogen (secondary N) is 1. The van der Waals surface area contributed by atoms with Gasteiger partial charge in [-0.3, -0.25) is 9.89 Å². The maximum absolute atomic E-state index is 12.2. The van der Waals surface area contributed by atoms with E-state index in [-0.39, 0.29) is 25.8 Å². The second-order valence-electron chi connectivity index (χ2n) is 3.89. The molecule has 0 saturated heterocycles. The standard InChI is InChI=1S/C11H7Cl3N2O3S/c12-6-1-7(13)3-8(2-6)20(18,19)5-9-10(17)4-11(14)16-15-9/h1-4H,5H2,(H,16,17). The third-order valence-electron chi connectivity index (χ3n) is 2.36. The Morgan fingerprint density at radius 3 is 2.20 bits per heavy atom. The molecular weight excluding hydrogens is 347 g/mol. The molecule has 1 heterocycles. The number of nitrogens with zero attached hydrogens (tertiary/aromatic N) is 1. The molecular formula is C11H7Cl3N2O3S. The van der Waals surface area contributed by atoms with E-state index in [1.54, 1.807) is 0 Å². The molecule has 1 aromatic carbocycles. The first-order chi connectivity index (χ1) is 9.28. The number of aromatic amines is 1. The SMILES string of the molecule is O=c1cc(Cl)[nH]nc1CS(=O)(=O)c1cc(Cl)cc(Cl)c1. The van der Waals surface area contributed by atoms with Gasteiger partial charge >= 0.3 is 0 Å². The van der Waals surface area contributed by atoms with Crippen LogP contribution in [0.4, 0.5) is 0 Å². The molecule has 1 N–H and O–H groups in total. The van der Waals surface area contributed by atoms with Crippen molar-refractivity contribution in [2.45, 2.75) is 10.6 Å². The van der Waals surface area contributed by atoms with Crippen LogP contribution in [0.3, 0.4) is 0 Å². The smallest absolute Gasteiger partial charge is 0.205 e. The van der Waals surface area contributed by atoms with Crippen LogP contribution in [0.1, 0.15) is 5.69 Å². The molecule has 1 aromatic heterocycles. The second-order valence-corrected chi connectivity index (χ2v) is 7.16. The van der Waals surface area contributed by atoms with Crippen LogP contribution < -0.4 is 5.43 Å². The molecule has 5 nitrogen and oxygen atoms in total. The summed E-state index contributed by atoms with van der Waals surface area (Å²) in [7, 11) is -3.79. The zero-order valence-electron chi connectivity index (χ0n) is 9.73. The van der Waals surface area contributed by atoms with Crippen molar-refractivity contribution in [3.63, 3.8) is 0 Å². The second kappa shape index (κ2) is 5.73. The van der Waals surface area contributed by atoms with Crippen molar-refractivity contribution in [1.29, 1.82) is 0 Å². The van der Waals surface area contributed by atoms with Crippen molar-refractivity contribution >= 4 is 44.6 Å². The van der Waals surface area contributed by atoms with Crippen LogP contribution in [0.25, 0.3) is 0 Å². The highest BCUT2D eigenvalue weighted by atomic mass is 35.5. The molecule has 0 aliphatic rings. The summed E-state index contributed by atoms with van der Waals surface area (Å²) in [5, 5.41) is 6.36. The van der Waals surface area contributed by atoms with Gasteiger partial charge in [0.25, 0.3) is 0 Å². The molecule has 2 rings (SSSR count). The molecule has 0 aliphatic carbocycles. The predicted molar refractivity (Wildman–Crippen MR) is 77.2 cm³/mol. The quantitative estimate of drug-likeness (QED) is 0.920. The predicted octanol–water partition coefficient (Wildman–Crippen LogP) is 2.70. The number of aromatic nitrogens is 2. The first-order valence-corrected chi connectivity index (χ1v) is 7.99. The van der Waals surface area contributed by atoms with E-state index in [1.807, 2.05) is 0 Å². The average molecular weight is 354 g/mol. The van der Waals surface area contributed by atoms with Crippen LogP contribution in [0.2, 0.25) is 15.2 Å². The summed E-state index contributed by atoms with van der Waals surface area (Å²) >= 11 is 17.1. The molecule has 0 fully saturated rings. The number of rotatable bonds is 3. The number of hydrogen-bond acceptors (Lipinski definition) is 4. The first kappa shape index (κ1) is 15.3. The van der Waals surface area contributed by atoms with E-state index in [9.17, 15) is 13.2 Å². The van der Waals surface area contributed by atoms with Gasteiger partial charge in [-0.1, -0.05) is 34.8 Å². The zero-order chi connectivity index (χ0) is 14.9. The van der Waals surface area contributed by atoms with Crippen LogP contribution in [-0.4, -0.2) is 18.6 Å². The van der Waals surface area contributed by atoms with Gasteiger partial charge in [0.05, 0.1) is 4.90 Å². The van der Waals surface area contributed by atoms with Crippen molar-refractivity contribution in [1.82, 2.24) is 10.2 Å². The monoisotopic (exact) mass is 352 g/mol. The fourth-order valence-corrected chi connectivity index (χ4v) is 3.62. The Hall–Kier alpha value is -1.08. The summed E-state index contributed by atoms with van der Waals surface area (Å²) in [5.41, 5.74) is -0.726. The fourth-order valence-electron chi connectivity index (χ4n) is 1.48. The van der Waals surface area contributed by atoms with E-state index >= 15 is 0 Å². The lowest BCUT2D eigenvalue weighted by molar-refractivity contribution is 0.594. The van der Waals surface area contributed by atoms with Crippen molar-refractivity contribution in [3.05, 3.63) is 55.4 Å². The molecule has 0 spiro atoms. The molecule has 2 aromatic rings. The maximum Gasteiger partial charge on any atom is 0.205 e. The number of H-pyrrole nitrogens is 1. The minimum Gasteiger partial charge on any atom is -0.288 e. The van der Waals surface area contributed by atoms with Crippen molar-refractivity contribution in [2.75, 3.05) is 0 Å².